The molecule has 1 atom stereocenters. The van der Waals surface area contributed by atoms with Gasteiger partial charge in [-0.3, -0.25) is 0 Å². The van der Waals surface area contributed by atoms with E-state index in [9.17, 15) is 12.8 Å². The van der Waals surface area contributed by atoms with Crippen LogP contribution in [-0.2, 0) is 10.0 Å². The molecule has 1 rings (SSSR count). The fourth-order valence-electron chi connectivity index (χ4n) is 1.59. The molecule has 18 heavy (non-hydrogen) atoms. The fraction of sp³-hybridized carbons (Fsp3) is 0.500. The van der Waals surface area contributed by atoms with Gasteiger partial charge in [-0.05, 0) is 31.0 Å². The molecule has 0 heterocycles. The Morgan fingerprint density at radius 2 is 2.11 bits per heavy atom. The van der Waals surface area contributed by atoms with Gasteiger partial charge in [0, 0.05) is 12.6 Å². The summed E-state index contributed by atoms with van der Waals surface area (Å²) in [5, 5.41) is 0. The van der Waals surface area contributed by atoms with Gasteiger partial charge in [-0.1, -0.05) is 19.4 Å². The number of halogens is 1. The van der Waals surface area contributed by atoms with E-state index in [1.165, 1.54) is 12.1 Å². The van der Waals surface area contributed by atoms with Gasteiger partial charge >= 0.3 is 0 Å². The SMILES string of the molecule is CCC[C@@H](N)CNS(=O)(=O)c1ccc(C)cc1F. The normalized spacial score (nSPS) is 13.6. The number of nitrogens with two attached hydrogens (primary N) is 1. The maximum Gasteiger partial charge on any atom is 0.243 e. The molecule has 3 N–H and O–H groups in total. The lowest BCUT2D eigenvalue weighted by Crippen LogP contribution is -2.37. The summed E-state index contributed by atoms with van der Waals surface area (Å²) in [4.78, 5) is -0.336. The number of hydrogen-bond donors (Lipinski definition) is 2. The number of rotatable bonds is 6. The van der Waals surface area contributed by atoms with Crippen LogP contribution >= 0.6 is 0 Å². The van der Waals surface area contributed by atoms with E-state index in [0.717, 1.165) is 12.8 Å². The Hall–Kier alpha value is -0.980. The van der Waals surface area contributed by atoms with E-state index in [0.29, 0.717) is 5.56 Å². The molecule has 0 spiro atoms. The summed E-state index contributed by atoms with van der Waals surface area (Å²) < 4.78 is 39.6. The van der Waals surface area contributed by atoms with Gasteiger partial charge in [-0.2, -0.15) is 0 Å². The predicted molar refractivity (Wildman–Crippen MR) is 69.2 cm³/mol. The Bertz CT molecular complexity index is 503. The molecule has 0 aromatic heterocycles. The van der Waals surface area contributed by atoms with Crippen LogP contribution in [-0.4, -0.2) is 21.0 Å². The lowest BCUT2D eigenvalue weighted by atomic mass is 10.2. The number of sulfonamides is 1. The second-order valence-corrected chi connectivity index (χ2v) is 6.07. The molecular weight excluding hydrogens is 255 g/mol. The van der Waals surface area contributed by atoms with Crippen molar-refractivity contribution in [1.82, 2.24) is 4.72 Å². The maximum absolute atomic E-state index is 13.6. The lowest BCUT2D eigenvalue weighted by Gasteiger charge is -2.12. The van der Waals surface area contributed by atoms with Crippen LogP contribution in [0.3, 0.4) is 0 Å². The van der Waals surface area contributed by atoms with Crippen molar-refractivity contribution in [3.05, 3.63) is 29.6 Å². The van der Waals surface area contributed by atoms with E-state index in [4.69, 9.17) is 5.73 Å². The topological polar surface area (TPSA) is 72.2 Å². The van der Waals surface area contributed by atoms with Crippen molar-refractivity contribution in [2.75, 3.05) is 6.54 Å². The number of aryl methyl sites for hydroxylation is 1. The fourth-order valence-corrected chi connectivity index (χ4v) is 2.74. The number of hydrogen-bond acceptors (Lipinski definition) is 3. The highest BCUT2D eigenvalue weighted by molar-refractivity contribution is 7.89. The van der Waals surface area contributed by atoms with Crippen molar-refractivity contribution in [3.63, 3.8) is 0 Å². The summed E-state index contributed by atoms with van der Waals surface area (Å²) in [5.74, 6) is -0.744. The molecule has 0 amide bonds. The van der Waals surface area contributed by atoms with Crippen molar-refractivity contribution in [1.29, 1.82) is 0 Å². The quantitative estimate of drug-likeness (QED) is 0.826. The average Bonchev–Trinajstić information content (AvgIpc) is 2.26. The first-order chi connectivity index (χ1) is 8.36. The molecule has 0 aliphatic rings. The van der Waals surface area contributed by atoms with Crippen molar-refractivity contribution in [2.45, 2.75) is 37.6 Å². The van der Waals surface area contributed by atoms with Crippen LogP contribution < -0.4 is 10.5 Å². The van der Waals surface area contributed by atoms with E-state index in [1.54, 1.807) is 13.0 Å². The van der Waals surface area contributed by atoms with Crippen molar-refractivity contribution in [2.24, 2.45) is 5.73 Å². The monoisotopic (exact) mass is 274 g/mol. The van der Waals surface area contributed by atoms with Gasteiger partial charge in [0.1, 0.15) is 10.7 Å². The molecule has 0 bridgehead atoms. The number of benzene rings is 1. The summed E-state index contributed by atoms with van der Waals surface area (Å²) >= 11 is 0. The van der Waals surface area contributed by atoms with Crippen molar-refractivity contribution in [3.8, 4) is 0 Å². The third-order valence-corrected chi connectivity index (χ3v) is 4.03. The first-order valence-electron chi connectivity index (χ1n) is 5.88. The summed E-state index contributed by atoms with van der Waals surface area (Å²) in [7, 11) is -3.83. The first kappa shape index (κ1) is 15.1. The van der Waals surface area contributed by atoms with Crippen LogP contribution in [0.4, 0.5) is 4.39 Å². The highest BCUT2D eigenvalue weighted by atomic mass is 32.2. The largest absolute Gasteiger partial charge is 0.327 e. The minimum Gasteiger partial charge on any atom is -0.327 e. The van der Waals surface area contributed by atoms with E-state index in [-0.39, 0.29) is 17.5 Å². The minimum absolute atomic E-state index is 0.115. The van der Waals surface area contributed by atoms with Gasteiger partial charge in [0.15, 0.2) is 0 Å². The van der Waals surface area contributed by atoms with Gasteiger partial charge in [0.2, 0.25) is 10.0 Å². The van der Waals surface area contributed by atoms with Crippen molar-refractivity contribution >= 4 is 10.0 Å². The van der Waals surface area contributed by atoms with Crippen LogP contribution in [0.2, 0.25) is 0 Å². The summed E-state index contributed by atoms with van der Waals surface area (Å²) in [6.07, 6.45) is 1.60. The van der Waals surface area contributed by atoms with Crippen LogP contribution in [0.15, 0.2) is 23.1 Å². The van der Waals surface area contributed by atoms with E-state index in [1.807, 2.05) is 6.92 Å². The Kier molecular flexibility index (Phi) is 5.25. The van der Waals surface area contributed by atoms with Gasteiger partial charge < -0.3 is 5.73 Å². The highest BCUT2D eigenvalue weighted by Crippen LogP contribution is 2.15. The van der Waals surface area contributed by atoms with Crippen LogP contribution in [0.25, 0.3) is 0 Å². The van der Waals surface area contributed by atoms with Gasteiger partial charge in [-0.25, -0.2) is 17.5 Å². The molecule has 0 aliphatic carbocycles. The molecule has 6 heteroatoms. The van der Waals surface area contributed by atoms with Gasteiger partial charge in [0.05, 0.1) is 0 Å². The lowest BCUT2D eigenvalue weighted by molar-refractivity contribution is 0.539. The second kappa shape index (κ2) is 6.26. The Labute approximate surface area is 107 Å². The molecule has 4 nitrogen and oxygen atoms in total. The smallest absolute Gasteiger partial charge is 0.243 e. The molecule has 1 aromatic carbocycles. The van der Waals surface area contributed by atoms with Crippen molar-refractivity contribution < 1.29 is 12.8 Å². The zero-order valence-electron chi connectivity index (χ0n) is 10.6. The second-order valence-electron chi connectivity index (χ2n) is 4.33. The zero-order chi connectivity index (χ0) is 13.8. The standard InChI is InChI=1S/C12H19FN2O2S/c1-3-4-10(14)8-15-18(16,17)12-6-5-9(2)7-11(12)13/h5-7,10,15H,3-4,8,14H2,1-2H3/t10-/m1/s1. The third kappa shape index (κ3) is 4.04. The molecule has 0 saturated carbocycles. The maximum atomic E-state index is 13.6. The molecule has 0 aliphatic heterocycles. The molecule has 1 aromatic rings. The molecule has 0 saturated heterocycles. The zero-order valence-corrected chi connectivity index (χ0v) is 11.4. The molecule has 0 fully saturated rings. The Morgan fingerprint density at radius 1 is 1.44 bits per heavy atom. The van der Waals surface area contributed by atoms with E-state index >= 15 is 0 Å². The highest BCUT2D eigenvalue weighted by Gasteiger charge is 2.19. The van der Waals surface area contributed by atoms with E-state index < -0.39 is 15.8 Å². The summed E-state index contributed by atoms with van der Waals surface area (Å²) in [6.45, 7) is 3.78. The molecule has 0 unspecified atom stereocenters. The van der Waals surface area contributed by atoms with Crippen LogP contribution in [0.1, 0.15) is 25.3 Å². The predicted octanol–water partition coefficient (Wildman–Crippen LogP) is 1.54. The van der Waals surface area contributed by atoms with E-state index in [2.05, 4.69) is 4.72 Å². The summed E-state index contributed by atoms with van der Waals surface area (Å²) in [5.41, 5.74) is 6.39. The number of nitrogens with one attached hydrogen (secondary N) is 1. The summed E-state index contributed by atoms with van der Waals surface area (Å²) in [6, 6.07) is 3.76. The van der Waals surface area contributed by atoms with Gasteiger partial charge in [0.25, 0.3) is 0 Å². The first-order valence-corrected chi connectivity index (χ1v) is 7.36. The average molecular weight is 274 g/mol. The molecule has 102 valence electrons. The molecular formula is C12H19FN2O2S. The third-order valence-electron chi connectivity index (χ3n) is 2.57. The van der Waals surface area contributed by atoms with Crippen LogP contribution in [0, 0.1) is 12.7 Å². The molecule has 0 radical (unpaired) electrons. The van der Waals surface area contributed by atoms with Gasteiger partial charge in [-0.15, -0.1) is 0 Å². The Morgan fingerprint density at radius 3 is 2.67 bits per heavy atom. The van der Waals surface area contributed by atoms with Crippen LogP contribution in [0.5, 0.6) is 0 Å². The Balaban J connectivity index is 2.80. The minimum atomic E-state index is -3.83.